The van der Waals surface area contributed by atoms with Gasteiger partial charge in [-0.3, -0.25) is 9.59 Å². The fourth-order valence-corrected chi connectivity index (χ4v) is 5.64. The topological polar surface area (TPSA) is 84.9 Å². The number of anilines is 1. The summed E-state index contributed by atoms with van der Waals surface area (Å²) in [4.78, 5) is 36.3. The van der Waals surface area contributed by atoms with E-state index < -0.39 is 5.82 Å². The molecule has 0 bridgehead atoms. The van der Waals surface area contributed by atoms with Crippen molar-refractivity contribution in [3.63, 3.8) is 0 Å². The van der Waals surface area contributed by atoms with Crippen LogP contribution < -0.4 is 9.64 Å². The molecule has 3 fully saturated rings. The molecule has 8 nitrogen and oxygen atoms in total. The second-order valence-electron chi connectivity index (χ2n) is 10.3. The number of amides is 1. The van der Waals surface area contributed by atoms with E-state index in [-0.39, 0.29) is 24.2 Å². The molecule has 1 aliphatic carbocycles. The van der Waals surface area contributed by atoms with Crippen molar-refractivity contribution in [1.82, 2.24) is 14.9 Å². The Hall–Kier alpha value is -2.94. The lowest BCUT2D eigenvalue weighted by molar-refractivity contribution is -0.155. The van der Waals surface area contributed by atoms with Crippen LogP contribution >= 0.6 is 11.6 Å². The van der Waals surface area contributed by atoms with Gasteiger partial charge in [-0.1, -0.05) is 17.7 Å². The number of hydrogen-bond donors (Lipinski definition) is 0. The molecule has 2 aromatic rings. The van der Waals surface area contributed by atoms with Crippen molar-refractivity contribution < 1.29 is 23.5 Å². The first-order chi connectivity index (χ1) is 17.9. The summed E-state index contributed by atoms with van der Waals surface area (Å²) >= 11 is 5.89. The average Bonchev–Trinajstić information content (AvgIpc) is 3.65. The van der Waals surface area contributed by atoms with Gasteiger partial charge in [-0.15, -0.1) is 0 Å². The number of halogens is 2. The number of nitrogens with zero attached hydrogens (tertiary/aromatic N) is 4. The predicted molar refractivity (Wildman–Crippen MR) is 136 cm³/mol. The second kappa shape index (κ2) is 11.2. The third-order valence-electron chi connectivity index (χ3n) is 7.90. The molecule has 10 heteroatoms. The molecular weight excluding hydrogens is 499 g/mol. The Balaban J connectivity index is 1.00. The highest BCUT2D eigenvalue weighted by atomic mass is 35.5. The summed E-state index contributed by atoms with van der Waals surface area (Å²) in [6.45, 7) is 3.13. The van der Waals surface area contributed by atoms with E-state index >= 15 is 0 Å². The van der Waals surface area contributed by atoms with Crippen LogP contribution in [0.2, 0.25) is 5.02 Å². The number of carbonyl (C=O) groups is 2. The maximum absolute atomic E-state index is 14.6. The minimum absolute atomic E-state index is 0.0350. The first kappa shape index (κ1) is 25.7. The summed E-state index contributed by atoms with van der Waals surface area (Å²) < 4.78 is 25.1. The summed E-state index contributed by atoms with van der Waals surface area (Å²) in [5, 5.41) is 0.550. The van der Waals surface area contributed by atoms with Crippen LogP contribution in [0.15, 0.2) is 30.6 Å². The Morgan fingerprint density at radius 3 is 2.57 bits per heavy atom. The molecule has 1 amide bonds. The molecule has 5 rings (SSSR count). The van der Waals surface area contributed by atoms with Crippen molar-refractivity contribution >= 4 is 29.4 Å². The average molecular weight is 531 g/mol. The van der Waals surface area contributed by atoms with Crippen molar-refractivity contribution in [1.29, 1.82) is 0 Å². The summed E-state index contributed by atoms with van der Waals surface area (Å²) in [6.07, 6.45) is 7.72. The lowest BCUT2D eigenvalue weighted by Gasteiger charge is -2.37. The molecule has 2 saturated heterocycles. The zero-order valence-electron chi connectivity index (χ0n) is 20.9. The quantitative estimate of drug-likeness (QED) is 0.456. The van der Waals surface area contributed by atoms with E-state index in [1.807, 2.05) is 0 Å². The van der Waals surface area contributed by atoms with Gasteiger partial charge in [0.1, 0.15) is 11.6 Å². The highest BCUT2D eigenvalue weighted by molar-refractivity contribution is 6.30. The predicted octanol–water partition coefficient (Wildman–Crippen LogP) is 3.76. The normalized spacial score (nSPS) is 21.9. The first-order valence-electron chi connectivity index (χ1n) is 12.9. The van der Waals surface area contributed by atoms with Gasteiger partial charge in [-0.05, 0) is 55.1 Å². The van der Waals surface area contributed by atoms with Gasteiger partial charge < -0.3 is 19.3 Å². The monoisotopic (exact) mass is 530 g/mol. The molecule has 1 aromatic heterocycles. The zero-order chi connectivity index (χ0) is 25.9. The molecule has 0 N–H and O–H groups in total. The number of esters is 1. The minimum atomic E-state index is -0.448. The van der Waals surface area contributed by atoms with E-state index in [4.69, 9.17) is 16.3 Å². The van der Waals surface area contributed by atoms with Gasteiger partial charge in [0.25, 0.3) is 0 Å². The van der Waals surface area contributed by atoms with Crippen molar-refractivity contribution in [2.45, 2.75) is 32.1 Å². The smallest absolute Gasteiger partial charge is 0.312 e. The number of hydrogen-bond acceptors (Lipinski definition) is 7. The van der Waals surface area contributed by atoms with Crippen LogP contribution in [0.1, 0.15) is 31.2 Å². The van der Waals surface area contributed by atoms with Gasteiger partial charge in [-0.2, -0.15) is 0 Å². The van der Waals surface area contributed by atoms with Crippen LogP contribution in [0.5, 0.6) is 5.75 Å². The molecule has 1 unspecified atom stereocenters. The zero-order valence-corrected chi connectivity index (χ0v) is 21.7. The van der Waals surface area contributed by atoms with E-state index in [1.54, 1.807) is 29.4 Å². The van der Waals surface area contributed by atoms with Gasteiger partial charge in [0.2, 0.25) is 11.9 Å². The number of benzene rings is 1. The number of aromatic nitrogens is 2. The van der Waals surface area contributed by atoms with E-state index in [0.717, 1.165) is 50.1 Å². The Bertz CT molecular complexity index is 1120. The maximum atomic E-state index is 14.6. The Morgan fingerprint density at radius 2 is 1.89 bits per heavy atom. The van der Waals surface area contributed by atoms with Crippen LogP contribution in [-0.2, 0) is 20.7 Å². The fraction of sp³-hybridized carbons (Fsp3) is 0.556. The van der Waals surface area contributed by atoms with Gasteiger partial charge in [0.05, 0.1) is 43.5 Å². The van der Waals surface area contributed by atoms with E-state index in [1.165, 1.54) is 19.6 Å². The van der Waals surface area contributed by atoms with E-state index in [9.17, 15) is 14.0 Å². The molecule has 198 valence electrons. The summed E-state index contributed by atoms with van der Waals surface area (Å²) in [5.74, 6) is 2.11. The lowest BCUT2D eigenvalue weighted by Crippen LogP contribution is -2.53. The molecule has 1 saturated carbocycles. The van der Waals surface area contributed by atoms with Crippen LogP contribution in [0.3, 0.4) is 0 Å². The maximum Gasteiger partial charge on any atom is 0.312 e. The highest BCUT2D eigenvalue weighted by Crippen LogP contribution is 2.49. The summed E-state index contributed by atoms with van der Waals surface area (Å²) in [6, 6.07) is 4.69. The second-order valence-corrected chi connectivity index (χ2v) is 10.7. The van der Waals surface area contributed by atoms with Gasteiger partial charge in [-0.25, -0.2) is 14.4 Å². The minimum Gasteiger partial charge on any atom is -0.493 e. The molecule has 2 aliphatic heterocycles. The lowest BCUT2D eigenvalue weighted by atomic mass is 9.90. The molecular formula is C27H32ClFN4O4. The number of carbonyl (C=O) groups excluding carboxylic acids is 2. The van der Waals surface area contributed by atoms with Gasteiger partial charge in [0, 0.05) is 32.2 Å². The third-order valence-corrected chi connectivity index (χ3v) is 8.10. The molecule has 0 spiro atoms. The third kappa shape index (κ3) is 6.14. The van der Waals surface area contributed by atoms with Gasteiger partial charge in [0.15, 0.2) is 0 Å². The Labute approximate surface area is 221 Å². The molecule has 0 radical (unpaired) electrons. The van der Waals surface area contributed by atoms with Crippen molar-refractivity contribution in [2.75, 3.05) is 44.8 Å². The van der Waals surface area contributed by atoms with Crippen LogP contribution in [0.4, 0.5) is 10.3 Å². The van der Waals surface area contributed by atoms with E-state index in [2.05, 4.69) is 19.6 Å². The summed E-state index contributed by atoms with van der Waals surface area (Å²) in [7, 11) is 1.33. The van der Waals surface area contributed by atoms with Crippen LogP contribution in [0, 0.1) is 29.5 Å². The number of ether oxygens (including phenoxy) is 2. The Kier molecular flexibility index (Phi) is 7.79. The van der Waals surface area contributed by atoms with Gasteiger partial charge >= 0.3 is 5.97 Å². The highest BCUT2D eigenvalue weighted by Gasteiger charge is 2.43. The fourth-order valence-electron chi connectivity index (χ4n) is 5.54. The molecule has 3 heterocycles. The van der Waals surface area contributed by atoms with Crippen molar-refractivity contribution in [3.8, 4) is 5.75 Å². The standard InChI is InChI=1S/C27H32ClFN4O4/c1-36-26(35)20-15-33(16-20)25(34)11-19-2-3-22(12-24(19)29)37-9-6-18-10-23(18)17-4-7-32(8-5-17)27-30-13-21(28)14-31-27/h2-3,12-14,17-18,20,23H,4-11,15-16H2,1H3/t18-,23?/m1/s1. The van der Waals surface area contributed by atoms with Crippen LogP contribution in [0.25, 0.3) is 0 Å². The van der Waals surface area contributed by atoms with Crippen LogP contribution in [-0.4, -0.2) is 66.6 Å². The first-order valence-corrected chi connectivity index (χ1v) is 13.3. The number of likely N-dealkylation sites (tertiary alicyclic amines) is 1. The van der Waals surface area contributed by atoms with Crippen molar-refractivity contribution in [3.05, 3.63) is 47.0 Å². The largest absolute Gasteiger partial charge is 0.493 e. The SMILES string of the molecule is COC(=O)C1CN(C(=O)Cc2ccc(OCC[C@@H]3CC3C3CCN(c4ncc(Cl)cn4)CC3)cc2F)C1. The Morgan fingerprint density at radius 1 is 1.16 bits per heavy atom. The summed E-state index contributed by atoms with van der Waals surface area (Å²) in [5.41, 5.74) is 0.330. The molecule has 3 aliphatic rings. The number of rotatable bonds is 9. The molecule has 1 aromatic carbocycles. The number of piperidine rings is 1. The van der Waals surface area contributed by atoms with E-state index in [0.29, 0.717) is 41.9 Å². The number of methoxy groups -OCH3 is 1. The molecule has 2 atom stereocenters. The van der Waals surface area contributed by atoms with Crippen molar-refractivity contribution in [2.24, 2.45) is 23.7 Å². The molecule has 37 heavy (non-hydrogen) atoms.